The van der Waals surface area contributed by atoms with Crippen LogP contribution >= 0.6 is 0 Å². The smallest absolute Gasteiger partial charge is 0.327 e. The first-order chi connectivity index (χ1) is 9.90. The molecule has 1 heterocycles. The number of nitrogens with zero attached hydrogens (tertiary/aromatic N) is 2. The van der Waals surface area contributed by atoms with Crippen LogP contribution in [0.3, 0.4) is 0 Å². The third-order valence-electron chi connectivity index (χ3n) is 3.16. The summed E-state index contributed by atoms with van der Waals surface area (Å²) in [6.07, 6.45) is -1.45. The standard InChI is InChI=1S/C15H16F3N3/c1-2-12(19)9-13-6-7-20-14(21-13)10-4-3-5-11(8-10)15(16,17)18/h3-8,12H,2,9,19H2,1H3. The molecule has 2 N–H and O–H groups in total. The molecule has 1 unspecified atom stereocenters. The van der Waals surface area contributed by atoms with Gasteiger partial charge in [-0.15, -0.1) is 0 Å². The number of aromatic nitrogens is 2. The van der Waals surface area contributed by atoms with Crippen LogP contribution in [-0.2, 0) is 12.6 Å². The van der Waals surface area contributed by atoms with Crippen molar-refractivity contribution in [1.29, 1.82) is 0 Å². The molecule has 1 aromatic heterocycles. The zero-order chi connectivity index (χ0) is 15.5. The lowest BCUT2D eigenvalue weighted by atomic mass is 10.1. The fourth-order valence-electron chi connectivity index (χ4n) is 1.90. The SMILES string of the molecule is CCC(N)Cc1ccnc(-c2cccc(C(F)(F)F)c2)n1. The maximum atomic E-state index is 12.7. The van der Waals surface area contributed by atoms with E-state index in [2.05, 4.69) is 9.97 Å². The molecule has 0 spiro atoms. The van der Waals surface area contributed by atoms with Crippen LogP contribution in [0.5, 0.6) is 0 Å². The van der Waals surface area contributed by atoms with Crippen molar-refractivity contribution >= 4 is 0 Å². The van der Waals surface area contributed by atoms with Crippen LogP contribution in [0.4, 0.5) is 13.2 Å². The van der Waals surface area contributed by atoms with Gasteiger partial charge in [0.1, 0.15) is 0 Å². The zero-order valence-electron chi connectivity index (χ0n) is 11.6. The van der Waals surface area contributed by atoms with E-state index in [9.17, 15) is 13.2 Å². The van der Waals surface area contributed by atoms with Crippen molar-refractivity contribution in [2.24, 2.45) is 5.73 Å². The number of rotatable bonds is 4. The maximum Gasteiger partial charge on any atom is 0.416 e. The van der Waals surface area contributed by atoms with Gasteiger partial charge in [-0.1, -0.05) is 19.1 Å². The quantitative estimate of drug-likeness (QED) is 0.940. The average Bonchev–Trinajstić information content (AvgIpc) is 2.46. The molecule has 0 bridgehead atoms. The zero-order valence-corrected chi connectivity index (χ0v) is 11.6. The van der Waals surface area contributed by atoms with Crippen molar-refractivity contribution in [1.82, 2.24) is 9.97 Å². The van der Waals surface area contributed by atoms with Gasteiger partial charge in [0.05, 0.1) is 5.56 Å². The summed E-state index contributed by atoms with van der Waals surface area (Å²) in [7, 11) is 0. The second-order valence-corrected chi connectivity index (χ2v) is 4.82. The summed E-state index contributed by atoms with van der Waals surface area (Å²) in [4.78, 5) is 8.34. The Labute approximate surface area is 121 Å². The Kier molecular flexibility index (Phi) is 4.57. The van der Waals surface area contributed by atoms with Gasteiger partial charge in [-0.25, -0.2) is 9.97 Å². The van der Waals surface area contributed by atoms with Gasteiger partial charge in [-0.05, 0) is 24.6 Å². The highest BCUT2D eigenvalue weighted by Crippen LogP contribution is 2.31. The summed E-state index contributed by atoms with van der Waals surface area (Å²) in [5.41, 5.74) is 6.23. The Morgan fingerprint density at radius 1 is 1.24 bits per heavy atom. The Hall–Kier alpha value is -1.95. The van der Waals surface area contributed by atoms with Crippen molar-refractivity contribution in [2.75, 3.05) is 0 Å². The predicted molar refractivity (Wildman–Crippen MR) is 74.4 cm³/mol. The number of halogens is 3. The molecule has 0 aliphatic carbocycles. The van der Waals surface area contributed by atoms with E-state index in [4.69, 9.17) is 5.73 Å². The lowest BCUT2D eigenvalue weighted by molar-refractivity contribution is -0.137. The van der Waals surface area contributed by atoms with Crippen LogP contribution < -0.4 is 5.73 Å². The van der Waals surface area contributed by atoms with E-state index in [0.717, 1.165) is 24.2 Å². The highest BCUT2D eigenvalue weighted by molar-refractivity contribution is 5.56. The first kappa shape index (κ1) is 15.4. The lowest BCUT2D eigenvalue weighted by Crippen LogP contribution is -2.22. The molecule has 0 aliphatic rings. The Bertz CT molecular complexity index is 611. The molecule has 0 radical (unpaired) electrons. The van der Waals surface area contributed by atoms with Crippen LogP contribution in [0.15, 0.2) is 36.5 Å². The first-order valence-corrected chi connectivity index (χ1v) is 6.65. The number of alkyl halides is 3. The summed E-state index contributed by atoms with van der Waals surface area (Å²) < 4.78 is 38.2. The number of hydrogen-bond donors (Lipinski definition) is 1. The molecule has 6 heteroatoms. The summed E-state index contributed by atoms with van der Waals surface area (Å²) in [6, 6.07) is 6.71. The van der Waals surface area contributed by atoms with Gasteiger partial charge in [0.15, 0.2) is 5.82 Å². The van der Waals surface area contributed by atoms with Gasteiger partial charge < -0.3 is 5.73 Å². The van der Waals surface area contributed by atoms with E-state index < -0.39 is 11.7 Å². The largest absolute Gasteiger partial charge is 0.416 e. The molecule has 0 fully saturated rings. The van der Waals surface area contributed by atoms with E-state index >= 15 is 0 Å². The van der Waals surface area contributed by atoms with Crippen molar-refractivity contribution < 1.29 is 13.2 Å². The van der Waals surface area contributed by atoms with Gasteiger partial charge in [-0.3, -0.25) is 0 Å². The molecule has 0 saturated carbocycles. The van der Waals surface area contributed by atoms with Crippen LogP contribution in [0.25, 0.3) is 11.4 Å². The highest BCUT2D eigenvalue weighted by atomic mass is 19.4. The molecule has 1 aromatic carbocycles. The van der Waals surface area contributed by atoms with E-state index in [1.807, 2.05) is 6.92 Å². The molecule has 2 aromatic rings. The van der Waals surface area contributed by atoms with Crippen molar-refractivity contribution in [3.05, 3.63) is 47.8 Å². The molecule has 0 aliphatic heterocycles. The summed E-state index contributed by atoms with van der Waals surface area (Å²) in [5, 5.41) is 0. The number of nitrogens with two attached hydrogens (primary N) is 1. The van der Waals surface area contributed by atoms with Crippen molar-refractivity contribution in [3.63, 3.8) is 0 Å². The van der Waals surface area contributed by atoms with Crippen molar-refractivity contribution in [2.45, 2.75) is 32.0 Å². The fourth-order valence-corrected chi connectivity index (χ4v) is 1.90. The summed E-state index contributed by atoms with van der Waals surface area (Å²) >= 11 is 0. The van der Waals surface area contributed by atoms with E-state index in [-0.39, 0.29) is 11.9 Å². The molecular weight excluding hydrogens is 279 g/mol. The second-order valence-electron chi connectivity index (χ2n) is 4.82. The molecule has 2 rings (SSSR count). The topological polar surface area (TPSA) is 51.8 Å². The summed E-state index contributed by atoms with van der Waals surface area (Å²) in [5.74, 6) is 0.280. The molecule has 3 nitrogen and oxygen atoms in total. The van der Waals surface area contributed by atoms with Gasteiger partial charge in [0, 0.05) is 29.9 Å². The number of benzene rings is 1. The molecule has 21 heavy (non-hydrogen) atoms. The van der Waals surface area contributed by atoms with Crippen molar-refractivity contribution in [3.8, 4) is 11.4 Å². The molecule has 0 amide bonds. The van der Waals surface area contributed by atoms with E-state index in [1.165, 1.54) is 6.07 Å². The van der Waals surface area contributed by atoms with E-state index in [1.54, 1.807) is 18.3 Å². The summed E-state index contributed by atoms with van der Waals surface area (Å²) in [6.45, 7) is 1.97. The van der Waals surface area contributed by atoms with Gasteiger partial charge in [0.2, 0.25) is 0 Å². The van der Waals surface area contributed by atoms with Crippen LogP contribution in [0.2, 0.25) is 0 Å². The molecule has 112 valence electrons. The maximum absolute atomic E-state index is 12.7. The Morgan fingerprint density at radius 2 is 2.00 bits per heavy atom. The first-order valence-electron chi connectivity index (χ1n) is 6.65. The lowest BCUT2D eigenvalue weighted by Gasteiger charge is -2.10. The van der Waals surface area contributed by atoms with E-state index in [0.29, 0.717) is 12.0 Å². The predicted octanol–water partition coefficient (Wildman–Crippen LogP) is 3.44. The molecule has 0 saturated heterocycles. The number of hydrogen-bond acceptors (Lipinski definition) is 3. The highest BCUT2D eigenvalue weighted by Gasteiger charge is 2.30. The second kappa shape index (κ2) is 6.22. The Balaban J connectivity index is 2.32. The van der Waals surface area contributed by atoms with Crippen LogP contribution in [0.1, 0.15) is 24.6 Å². The minimum Gasteiger partial charge on any atom is -0.327 e. The molecule has 1 atom stereocenters. The van der Waals surface area contributed by atoms with Crippen LogP contribution in [-0.4, -0.2) is 16.0 Å². The van der Waals surface area contributed by atoms with Crippen LogP contribution in [0, 0.1) is 0 Å². The normalized spacial score (nSPS) is 13.2. The molecular formula is C15H16F3N3. The monoisotopic (exact) mass is 295 g/mol. The van der Waals surface area contributed by atoms with Gasteiger partial charge in [-0.2, -0.15) is 13.2 Å². The minimum atomic E-state index is -4.38. The third-order valence-corrected chi connectivity index (χ3v) is 3.16. The van der Waals surface area contributed by atoms with Gasteiger partial charge >= 0.3 is 6.18 Å². The van der Waals surface area contributed by atoms with Gasteiger partial charge in [0.25, 0.3) is 0 Å². The Morgan fingerprint density at radius 3 is 2.67 bits per heavy atom. The third kappa shape index (κ3) is 4.01. The average molecular weight is 295 g/mol. The minimum absolute atomic E-state index is 0.0192. The fraction of sp³-hybridized carbons (Fsp3) is 0.333.